The number of carbonyl (C=O) groups is 1. The number of aryl methyl sites for hydroxylation is 2. The summed E-state index contributed by atoms with van der Waals surface area (Å²) in [6.45, 7) is 3.91. The van der Waals surface area contributed by atoms with E-state index in [1.54, 1.807) is 6.07 Å². The number of benzene rings is 2. The molecular weight excluding hydrogens is 361 g/mol. The van der Waals surface area contributed by atoms with Crippen molar-refractivity contribution in [3.05, 3.63) is 75.6 Å². The maximum atomic E-state index is 13.3. The predicted octanol–water partition coefficient (Wildman–Crippen LogP) is 2.63. The van der Waals surface area contributed by atoms with E-state index in [-0.39, 0.29) is 22.7 Å². The van der Waals surface area contributed by atoms with Gasteiger partial charge in [-0.1, -0.05) is 6.07 Å². The van der Waals surface area contributed by atoms with Crippen LogP contribution in [0.15, 0.2) is 47.3 Å². The second-order valence-corrected chi connectivity index (χ2v) is 6.50. The summed E-state index contributed by atoms with van der Waals surface area (Å²) in [5.41, 5.74) is 8.44. The minimum Gasteiger partial charge on any atom is -0.364 e. The van der Waals surface area contributed by atoms with E-state index in [0.29, 0.717) is 11.3 Å². The topological polar surface area (TPSA) is 107 Å². The van der Waals surface area contributed by atoms with Gasteiger partial charge in [-0.3, -0.25) is 4.79 Å². The fraction of sp³-hybridized carbons (Fsp3) is 0.100. The fourth-order valence-corrected chi connectivity index (χ4v) is 3.00. The minimum absolute atomic E-state index is 0.107. The van der Waals surface area contributed by atoms with Gasteiger partial charge in [-0.2, -0.15) is 0 Å². The number of rotatable bonds is 3. The zero-order valence-corrected chi connectivity index (χ0v) is 15.2. The molecule has 0 atom stereocenters. The van der Waals surface area contributed by atoms with Gasteiger partial charge in [-0.15, -0.1) is 0 Å². The number of fused-ring (bicyclic) bond motifs is 1. The van der Waals surface area contributed by atoms with Crippen molar-refractivity contribution in [3.63, 3.8) is 0 Å². The van der Waals surface area contributed by atoms with Crippen LogP contribution in [0.2, 0.25) is 0 Å². The molecule has 0 aliphatic carbocycles. The van der Waals surface area contributed by atoms with E-state index in [9.17, 15) is 14.0 Å². The summed E-state index contributed by atoms with van der Waals surface area (Å²) in [4.78, 5) is 35.9. The van der Waals surface area contributed by atoms with Crippen LogP contribution in [0.5, 0.6) is 0 Å². The lowest BCUT2D eigenvalue weighted by Crippen LogP contribution is -2.15. The number of nitrogens with zero attached hydrogens (tertiary/aromatic N) is 3. The largest absolute Gasteiger partial charge is 0.364 e. The summed E-state index contributed by atoms with van der Waals surface area (Å²) >= 11 is 0. The molecule has 7 nitrogen and oxygen atoms in total. The number of hydrogen-bond donors (Lipinski definition) is 2. The third-order valence-electron chi connectivity index (χ3n) is 4.62. The second-order valence-electron chi connectivity index (χ2n) is 6.50. The normalized spacial score (nSPS) is 11.1. The number of carbonyl (C=O) groups excluding carboxylic acids is 1. The van der Waals surface area contributed by atoms with E-state index < -0.39 is 17.4 Å². The fourth-order valence-electron chi connectivity index (χ4n) is 3.00. The number of aromatic amines is 1. The number of halogens is 1. The monoisotopic (exact) mass is 377 g/mol. The number of nitrogens with two attached hydrogens (primary N) is 1. The number of nitrogens with one attached hydrogen (secondary N) is 1. The summed E-state index contributed by atoms with van der Waals surface area (Å²) < 4.78 is 14.6. The Morgan fingerprint density at radius 2 is 1.79 bits per heavy atom. The number of amides is 1. The van der Waals surface area contributed by atoms with Gasteiger partial charge in [-0.05, 0) is 61.4 Å². The summed E-state index contributed by atoms with van der Waals surface area (Å²) in [7, 11) is 0. The molecule has 0 fully saturated rings. The Kier molecular flexibility index (Phi) is 4.03. The summed E-state index contributed by atoms with van der Waals surface area (Å²) in [6.07, 6.45) is 0. The third kappa shape index (κ3) is 2.84. The van der Waals surface area contributed by atoms with Crippen LogP contribution in [0.3, 0.4) is 0 Å². The summed E-state index contributed by atoms with van der Waals surface area (Å²) in [6, 6.07) is 11.1. The van der Waals surface area contributed by atoms with Gasteiger partial charge in [0.2, 0.25) is 0 Å². The molecular formula is C20H16FN5O2. The maximum absolute atomic E-state index is 13.3. The molecule has 28 heavy (non-hydrogen) atoms. The molecule has 0 aliphatic rings. The average Bonchev–Trinajstić information content (AvgIpc) is 2.99. The third-order valence-corrected chi connectivity index (χ3v) is 4.62. The number of aromatic nitrogens is 4. The van der Waals surface area contributed by atoms with E-state index in [1.165, 1.54) is 28.8 Å². The standard InChI is InChI=1S/C20H16FN5O2/c1-10-3-8-14(9-11(10)2)26-19-16(24-20(26)28)15(17(22)27)23-18(25-19)12-4-6-13(21)7-5-12/h3-9H,1-2H3,(H2,22,27)(H,24,28). The SMILES string of the molecule is Cc1ccc(-n2c(=O)[nH]c3c(C(N)=O)nc(-c4ccc(F)cc4)nc32)cc1C. The highest BCUT2D eigenvalue weighted by atomic mass is 19.1. The van der Waals surface area contributed by atoms with Gasteiger partial charge in [0.25, 0.3) is 5.91 Å². The Morgan fingerprint density at radius 1 is 1.07 bits per heavy atom. The molecule has 3 N–H and O–H groups in total. The van der Waals surface area contributed by atoms with Crippen LogP contribution in [-0.4, -0.2) is 25.4 Å². The van der Waals surface area contributed by atoms with Gasteiger partial charge in [0.15, 0.2) is 17.2 Å². The van der Waals surface area contributed by atoms with Gasteiger partial charge >= 0.3 is 5.69 Å². The van der Waals surface area contributed by atoms with Crippen LogP contribution in [-0.2, 0) is 0 Å². The Morgan fingerprint density at radius 3 is 2.43 bits per heavy atom. The van der Waals surface area contributed by atoms with E-state index in [2.05, 4.69) is 15.0 Å². The van der Waals surface area contributed by atoms with Crippen LogP contribution >= 0.6 is 0 Å². The van der Waals surface area contributed by atoms with Gasteiger partial charge in [0, 0.05) is 5.56 Å². The van der Waals surface area contributed by atoms with Crippen molar-refractivity contribution in [1.29, 1.82) is 0 Å². The van der Waals surface area contributed by atoms with Crippen molar-refractivity contribution in [2.45, 2.75) is 13.8 Å². The molecule has 1 amide bonds. The van der Waals surface area contributed by atoms with Crippen molar-refractivity contribution in [2.75, 3.05) is 0 Å². The average molecular weight is 377 g/mol. The van der Waals surface area contributed by atoms with E-state index in [4.69, 9.17) is 5.73 Å². The van der Waals surface area contributed by atoms with Gasteiger partial charge < -0.3 is 10.7 Å². The van der Waals surface area contributed by atoms with Crippen molar-refractivity contribution in [1.82, 2.24) is 19.5 Å². The molecule has 0 saturated heterocycles. The first-order chi connectivity index (χ1) is 13.3. The van der Waals surface area contributed by atoms with Crippen LogP contribution < -0.4 is 11.4 Å². The van der Waals surface area contributed by atoms with Crippen molar-refractivity contribution in [2.24, 2.45) is 5.73 Å². The van der Waals surface area contributed by atoms with Crippen LogP contribution in [0.1, 0.15) is 21.6 Å². The van der Waals surface area contributed by atoms with E-state index in [0.717, 1.165) is 11.1 Å². The Hall–Kier alpha value is -3.81. The molecule has 2 aromatic heterocycles. The van der Waals surface area contributed by atoms with Gasteiger partial charge in [-0.25, -0.2) is 23.7 Å². The van der Waals surface area contributed by atoms with Crippen molar-refractivity contribution >= 4 is 17.1 Å². The lowest BCUT2D eigenvalue weighted by molar-refractivity contribution is 0.0997. The van der Waals surface area contributed by atoms with Crippen molar-refractivity contribution in [3.8, 4) is 17.1 Å². The van der Waals surface area contributed by atoms with Crippen LogP contribution in [0.4, 0.5) is 4.39 Å². The summed E-state index contributed by atoms with van der Waals surface area (Å²) in [5, 5.41) is 0. The maximum Gasteiger partial charge on any atom is 0.332 e. The molecule has 0 radical (unpaired) electrons. The Balaban J connectivity index is 2.05. The highest BCUT2D eigenvalue weighted by Crippen LogP contribution is 2.23. The molecule has 2 heterocycles. The van der Waals surface area contributed by atoms with Crippen LogP contribution in [0.25, 0.3) is 28.2 Å². The molecule has 8 heteroatoms. The molecule has 0 spiro atoms. The molecule has 0 saturated carbocycles. The van der Waals surface area contributed by atoms with Gasteiger partial charge in [0.05, 0.1) is 5.69 Å². The first kappa shape index (κ1) is 17.6. The highest BCUT2D eigenvalue weighted by molar-refractivity contribution is 6.02. The first-order valence-corrected chi connectivity index (χ1v) is 8.51. The van der Waals surface area contributed by atoms with Crippen molar-refractivity contribution < 1.29 is 9.18 Å². The van der Waals surface area contributed by atoms with Gasteiger partial charge in [0.1, 0.15) is 11.3 Å². The lowest BCUT2D eigenvalue weighted by Gasteiger charge is -2.08. The smallest absolute Gasteiger partial charge is 0.332 e. The molecule has 140 valence electrons. The molecule has 0 bridgehead atoms. The first-order valence-electron chi connectivity index (χ1n) is 8.51. The molecule has 0 unspecified atom stereocenters. The lowest BCUT2D eigenvalue weighted by atomic mass is 10.1. The number of hydrogen-bond acceptors (Lipinski definition) is 4. The molecule has 2 aromatic carbocycles. The quantitative estimate of drug-likeness (QED) is 0.572. The summed E-state index contributed by atoms with van der Waals surface area (Å²) in [5.74, 6) is -1.05. The number of H-pyrrole nitrogens is 1. The number of imidazole rings is 1. The molecule has 4 rings (SSSR count). The predicted molar refractivity (Wildman–Crippen MR) is 103 cm³/mol. The van der Waals surface area contributed by atoms with E-state index >= 15 is 0 Å². The van der Waals surface area contributed by atoms with Crippen LogP contribution in [0, 0.1) is 19.7 Å². The minimum atomic E-state index is -0.802. The molecule has 4 aromatic rings. The zero-order valence-electron chi connectivity index (χ0n) is 15.2. The van der Waals surface area contributed by atoms with E-state index in [1.807, 2.05) is 26.0 Å². The second kappa shape index (κ2) is 6.41. The zero-order chi connectivity index (χ0) is 20.0. The highest BCUT2D eigenvalue weighted by Gasteiger charge is 2.20. The molecule has 0 aliphatic heterocycles. The Labute approximate surface area is 158 Å². The Bertz CT molecular complexity index is 1290. The number of primary amides is 1.